The van der Waals surface area contributed by atoms with E-state index < -0.39 is 0 Å². The lowest BCUT2D eigenvalue weighted by Gasteiger charge is -2.12. The molecule has 0 spiro atoms. The van der Waals surface area contributed by atoms with Crippen molar-refractivity contribution in [2.24, 2.45) is 17.8 Å². The average molecular weight is 301 g/mol. The molecule has 1 aromatic carbocycles. The Labute approximate surface area is 136 Å². The van der Waals surface area contributed by atoms with Crippen LogP contribution in [0.4, 0.5) is 0 Å². The second kappa shape index (κ2) is 9.45. The first-order valence-corrected chi connectivity index (χ1v) is 8.41. The first kappa shape index (κ1) is 18.5. The molecule has 1 aliphatic rings. The Morgan fingerprint density at radius 3 is 2.27 bits per heavy atom. The molecular weight excluding hydrogens is 270 g/mol. The lowest BCUT2D eigenvalue weighted by Crippen LogP contribution is -2.19. The molecule has 1 heterocycles. The summed E-state index contributed by atoms with van der Waals surface area (Å²) in [5.74, 6) is 2.23. The number of nitrogens with zero attached hydrogens (tertiary/aromatic N) is 1. The van der Waals surface area contributed by atoms with E-state index in [1.165, 1.54) is 12.0 Å². The van der Waals surface area contributed by atoms with Crippen molar-refractivity contribution in [1.82, 2.24) is 4.90 Å². The van der Waals surface area contributed by atoms with Gasteiger partial charge in [0.1, 0.15) is 0 Å². The van der Waals surface area contributed by atoms with Gasteiger partial charge in [-0.05, 0) is 23.3 Å². The summed E-state index contributed by atoms with van der Waals surface area (Å²) in [6, 6.07) is 10.4. The molecule has 1 aromatic rings. The van der Waals surface area contributed by atoms with E-state index >= 15 is 0 Å². The highest BCUT2D eigenvalue weighted by Crippen LogP contribution is 2.22. The predicted molar refractivity (Wildman–Crippen MR) is 95.5 cm³/mol. The first-order chi connectivity index (χ1) is 10.4. The number of benzene rings is 1. The van der Waals surface area contributed by atoms with Crippen molar-refractivity contribution in [2.45, 2.75) is 40.5 Å². The largest absolute Gasteiger partial charge is 0.345 e. The fourth-order valence-electron chi connectivity index (χ4n) is 2.32. The van der Waals surface area contributed by atoms with Gasteiger partial charge in [-0.25, -0.2) is 0 Å². The van der Waals surface area contributed by atoms with E-state index in [0.717, 1.165) is 13.0 Å². The van der Waals surface area contributed by atoms with E-state index in [-0.39, 0.29) is 0 Å². The van der Waals surface area contributed by atoms with Gasteiger partial charge < -0.3 is 4.90 Å². The summed E-state index contributed by atoms with van der Waals surface area (Å²) in [4.78, 5) is 12.8. The molecule has 22 heavy (non-hydrogen) atoms. The lowest BCUT2D eigenvalue weighted by molar-refractivity contribution is -0.126. The van der Waals surface area contributed by atoms with Gasteiger partial charge in [0.2, 0.25) is 5.91 Å². The second-order valence-corrected chi connectivity index (χ2v) is 6.64. The molecule has 2 unspecified atom stereocenters. The fourth-order valence-corrected chi connectivity index (χ4v) is 2.32. The monoisotopic (exact) mass is 301 g/mol. The standard InChI is InChI=1S/C12H16.C8H15NO/c1-3-11(2)9-10-12-7-5-4-6-8-12;1-6(2)7-4-8(10)9(3)5-7/h4-11H,3H2,1-2H3;6-7H,4-5H2,1-3H3/b10-9+;. The van der Waals surface area contributed by atoms with Crippen LogP contribution in [0.25, 0.3) is 6.08 Å². The highest BCUT2D eigenvalue weighted by Gasteiger charge is 2.28. The van der Waals surface area contributed by atoms with Crippen LogP contribution < -0.4 is 0 Å². The number of allylic oxidation sites excluding steroid dienone is 1. The van der Waals surface area contributed by atoms with Gasteiger partial charge in [-0.3, -0.25) is 4.79 Å². The van der Waals surface area contributed by atoms with E-state index in [1.54, 1.807) is 0 Å². The topological polar surface area (TPSA) is 20.3 Å². The molecule has 0 radical (unpaired) electrons. The van der Waals surface area contributed by atoms with Crippen LogP contribution in [-0.2, 0) is 4.79 Å². The maximum Gasteiger partial charge on any atom is 0.222 e. The summed E-state index contributed by atoms with van der Waals surface area (Å²) < 4.78 is 0. The van der Waals surface area contributed by atoms with Crippen LogP contribution in [0.3, 0.4) is 0 Å². The van der Waals surface area contributed by atoms with E-state index in [0.29, 0.717) is 23.7 Å². The number of amides is 1. The fraction of sp³-hybridized carbons (Fsp3) is 0.550. The number of hydrogen-bond donors (Lipinski definition) is 0. The third kappa shape index (κ3) is 6.46. The van der Waals surface area contributed by atoms with E-state index in [2.05, 4.69) is 64.1 Å². The molecular formula is C20H31NO. The van der Waals surface area contributed by atoms with Crippen LogP contribution in [0.5, 0.6) is 0 Å². The third-order valence-electron chi connectivity index (χ3n) is 4.37. The molecule has 2 heteroatoms. The van der Waals surface area contributed by atoms with Crippen LogP contribution >= 0.6 is 0 Å². The van der Waals surface area contributed by atoms with Crippen molar-refractivity contribution in [3.63, 3.8) is 0 Å². The molecule has 1 saturated heterocycles. The van der Waals surface area contributed by atoms with Crippen molar-refractivity contribution < 1.29 is 4.79 Å². The number of hydrogen-bond acceptors (Lipinski definition) is 1. The van der Waals surface area contributed by atoms with Crippen LogP contribution in [0.2, 0.25) is 0 Å². The SMILES string of the molecule is CC(C)C1CC(=O)N(C)C1.CCC(C)/C=C/c1ccccc1. The molecule has 1 amide bonds. The van der Waals surface area contributed by atoms with Crippen LogP contribution in [0, 0.1) is 17.8 Å². The molecule has 2 nitrogen and oxygen atoms in total. The molecule has 1 fully saturated rings. The highest BCUT2D eigenvalue weighted by molar-refractivity contribution is 5.78. The Hall–Kier alpha value is -1.57. The Morgan fingerprint density at radius 2 is 1.86 bits per heavy atom. The van der Waals surface area contributed by atoms with Gasteiger partial charge in [-0.15, -0.1) is 0 Å². The van der Waals surface area contributed by atoms with Gasteiger partial charge in [0, 0.05) is 20.0 Å². The second-order valence-electron chi connectivity index (χ2n) is 6.64. The van der Waals surface area contributed by atoms with Gasteiger partial charge in [0.05, 0.1) is 0 Å². The van der Waals surface area contributed by atoms with Gasteiger partial charge in [-0.2, -0.15) is 0 Å². The zero-order valence-electron chi connectivity index (χ0n) is 14.8. The summed E-state index contributed by atoms with van der Waals surface area (Å²) in [6.07, 6.45) is 6.42. The molecule has 0 aliphatic carbocycles. The van der Waals surface area contributed by atoms with Crippen molar-refractivity contribution in [1.29, 1.82) is 0 Å². The minimum atomic E-state index is 0.304. The summed E-state index contributed by atoms with van der Waals surface area (Å²) >= 11 is 0. The first-order valence-electron chi connectivity index (χ1n) is 8.41. The predicted octanol–water partition coefficient (Wildman–Crippen LogP) is 4.87. The summed E-state index contributed by atoms with van der Waals surface area (Å²) in [5, 5.41) is 0. The number of carbonyl (C=O) groups excluding carboxylic acids is 1. The van der Waals surface area contributed by atoms with Crippen molar-refractivity contribution in [3.8, 4) is 0 Å². The molecule has 1 aliphatic heterocycles. The zero-order valence-corrected chi connectivity index (χ0v) is 14.8. The normalized spacial score (nSPS) is 19.5. The molecule has 0 N–H and O–H groups in total. The summed E-state index contributed by atoms with van der Waals surface area (Å²) in [5.41, 5.74) is 1.29. The molecule has 0 aromatic heterocycles. The highest BCUT2D eigenvalue weighted by atomic mass is 16.2. The van der Waals surface area contributed by atoms with E-state index in [1.807, 2.05) is 18.0 Å². The minimum absolute atomic E-state index is 0.304. The third-order valence-corrected chi connectivity index (χ3v) is 4.37. The molecule has 2 rings (SSSR count). The van der Waals surface area contributed by atoms with Crippen molar-refractivity contribution in [3.05, 3.63) is 42.0 Å². The van der Waals surface area contributed by atoms with Crippen molar-refractivity contribution >= 4 is 12.0 Å². The van der Waals surface area contributed by atoms with E-state index in [4.69, 9.17) is 0 Å². The quantitative estimate of drug-likeness (QED) is 0.777. The molecule has 2 atom stereocenters. The number of rotatable bonds is 4. The minimum Gasteiger partial charge on any atom is -0.345 e. The Balaban J connectivity index is 0.000000224. The number of carbonyl (C=O) groups is 1. The average Bonchev–Trinajstić information content (AvgIpc) is 2.86. The molecule has 0 bridgehead atoms. The van der Waals surface area contributed by atoms with Crippen LogP contribution in [0.1, 0.15) is 46.1 Å². The maximum atomic E-state index is 11.0. The smallest absolute Gasteiger partial charge is 0.222 e. The Kier molecular flexibility index (Phi) is 7.94. The van der Waals surface area contributed by atoms with Gasteiger partial charge >= 0.3 is 0 Å². The van der Waals surface area contributed by atoms with Gasteiger partial charge in [0.25, 0.3) is 0 Å². The molecule has 122 valence electrons. The van der Waals surface area contributed by atoms with Crippen LogP contribution in [0.15, 0.2) is 36.4 Å². The van der Waals surface area contributed by atoms with Crippen molar-refractivity contribution in [2.75, 3.05) is 13.6 Å². The molecule has 0 saturated carbocycles. The Bertz CT molecular complexity index is 464. The van der Waals surface area contributed by atoms with Gasteiger partial charge in [-0.1, -0.05) is 76.6 Å². The number of likely N-dealkylation sites (tertiary alicyclic amines) is 1. The zero-order chi connectivity index (χ0) is 16.5. The van der Waals surface area contributed by atoms with Gasteiger partial charge in [0.15, 0.2) is 0 Å². The summed E-state index contributed by atoms with van der Waals surface area (Å²) in [6.45, 7) is 9.75. The maximum absolute atomic E-state index is 11.0. The summed E-state index contributed by atoms with van der Waals surface area (Å²) in [7, 11) is 1.88. The Morgan fingerprint density at radius 1 is 1.23 bits per heavy atom. The van der Waals surface area contributed by atoms with Crippen LogP contribution in [-0.4, -0.2) is 24.4 Å². The lowest BCUT2D eigenvalue weighted by atomic mass is 9.95. The van der Waals surface area contributed by atoms with E-state index in [9.17, 15) is 4.79 Å².